The maximum Gasteiger partial charge on any atom is 0.573 e. The Morgan fingerprint density at radius 1 is 1.07 bits per heavy atom. The summed E-state index contributed by atoms with van der Waals surface area (Å²) < 4.78 is 60.0. The number of hydrogen-bond donors (Lipinski definition) is 1. The molecule has 2 amide bonds. The van der Waals surface area contributed by atoms with E-state index in [0.717, 1.165) is 35.3 Å². The molecule has 240 valence electrons. The summed E-state index contributed by atoms with van der Waals surface area (Å²) in [6, 6.07) is 16.5. The number of hydrogen-bond acceptors (Lipinski definition) is 5. The molecule has 0 saturated carbocycles. The molecule has 2 unspecified atom stereocenters. The van der Waals surface area contributed by atoms with Gasteiger partial charge in [-0.15, -0.1) is 29.6 Å². The van der Waals surface area contributed by atoms with Crippen molar-refractivity contribution in [3.63, 3.8) is 0 Å². The van der Waals surface area contributed by atoms with E-state index in [1.807, 2.05) is 23.8 Å². The van der Waals surface area contributed by atoms with Gasteiger partial charge in [0.2, 0.25) is 0 Å². The second-order valence-electron chi connectivity index (χ2n) is 10.8. The summed E-state index contributed by atoms with van der Waals surface area (Å²) in [5.74, 6) is -0.00599. The molecule has 0 bridgehead atoms. The van der Waals surface area contributed by atoms with Gasteiger partial charge in [0.25, 0.3) is 0 Å². The van der Waals surface area contributed by atoms with Gasteiger partial charge < -0.3 is 10.1 Å². The summed E-state index contributed by atoms with van der Waals surface area (Å²) in [4.78, 5) is 22.0. The highest BCUT2D eigenvalue weighted by Gasteiger charge is 2.31. The van der Waals surface area contributed by atoms with Crippen LogP contribution in [0.4, 0.5) is 22.4 Å². The number of amides is 2. The largest absolute Gasteiger partial charge is 0.573 e. The maximum atomic E-state index is 15.5. The maximum absolute atomic E-state index is 15.5. The molecule has 2 aromatic heterocycles. The van der Waals surface area contributed by atoms with E-state index in [0.29, 0.717) is 27.4 Å². The molecule has 0 saturated heterocycles. The van der Waals surface area contributed by atoms with Crippen molar-refractivity contribution in [1.29, 1.82) is 0 Å². The van der Waals surface area contributed by atoms with E-state index in [1.54, 1.807) is 31.2 Å². The number of alkyl halides is 4. The number of aromatic nitrogens is 4. The Hall–Kier alpha value is -4.78. The van der Waals surface area contributed by atoms with Crippen molar-refractivity contribution in [3.05, 3.63) is 106 Å². The van der Waals surface area contributed by atoms with Gasteiger partial charge in [0, 0.05) is 16.6 Å². The van der Waals surface area contributed by atoms with Crippen molar-refractivity contribution in [2.75, 3.05) is 0 Å². The summed E-state index contributed by atoms with van der Waals surface area (Å²) in [6.45, 7) is 7.68. The Morgan fingerprint density at radius 3 is 2.46 bits per heavy atom. The Kier molecular flexibility index (Phi) is 9.71. The highest BCUT2D eigenvalue weighted by atomic mass is 32.1. The zero-order valence-corrected chi connectivity index (χ0v) is 26.4. The fourth-order valence-corrected chi connectivity index (χ4v) is 5.80. The lowest BCUT2D eigenvalue weighted by Gasteiger charge is -2.17. The van der Waals surface area contributed by atoms with Crippen LogP contribution in [0.5, 0.6) is 5.75 Å². The molecule has 3 aromatic carbocycles. The summed E-state index contributed by atoms with van der Waals surface area (Å²) in [5, 5.41) is 8.98. The van der Waals surface area contributed by atoms with Crippen molar-refractivity contribution in [1.82, 2.24) is 24.6 Å². The molecule has 8 nitrogen and oxygen atoms in total. The Bertz CT molecular complexity index is 1880. The van der Waals surface area contributed by atoms with E-state index in [9.17, 15) is 18.0 Å². The molecule has 2 heterocycles. The molecule has 46 heavy (non-hydrogen) atoms. The predicted octanol–water partition coefficient (Wildman–Crippen LogP) is 7.96. The van der Waals surface area contributed by atoms with E-state index in [2.05, 4.69) is 50.3 Å². The molecule has 0 aliphatic carbocycles. The first-order valence-corrected chi connectivity index (χ1v) is 15.4. The number of nitrogens with one attached hydrogen (secondary N) is 1. The molecule has 0 fully saturated rings. The van der Waals surface area contributed by atoms with Crippen molar-refractivity contribution >= 4 is 17.4 Å². The third-order valence-electron chi connectivity index (χ3n) is 7.18. The van der Waals surface area contributed by atoms with Crippen molar-refractivity contribution in [2.24, 2.45) is 4.99 Å². The van der Waals surface area contributed by atoms with Gasteiger partial charge in [-0.2, -0.15) is 4.99 Å². The van der Waals surface area contributed by atoms with Crippen LogP contribution in [0.1, 0.15) is 48.8 Å². The number of aryl methyl sites for hydroxylation is 3. The first-order valence-electron chi connectivity index (χ1n) is 14.6. The second-order valence-corrected chi connectivity index (χ2v) is 11.6. The Labute approximate surface area is 267 Å². The number of ether oxygens (including phenoxy) is 1. The first kappa shape index (κ1) is 32.6. The minimum atomic E-state index is -4.78. The van der Waals surface area contributed by atoms with E-state index >= 15 is 4.39 Å². The lowest BCUT2D eigenvalue weighted by atomic mass is 10.0. The van der Waals surface area contributed by atoms with Crippen molar-refractivity contribution in [3.8, 4) is 28.5 Å². The van der Waals surface area contributed by atoms with Crippen LogP contribution in [0.15, 0.2) is 83.4 Å². The van der Waals surface area contributed by atoms with Crippen LogP contribution in [-0.2, 0) is 6.42 Å². The van der Waals surface area contributed by atoms with Crippen LogP contribution >= 0.6 is 11.3 Å². The molecule has 0 aliphatic heterocycles. The zero-order valence-electron chi connectivity index (χ0n) is 25.5. The second kappa shape index (κ2) is 13.7. The predicted molar refractivity (Wildman–Crippen MR) is 168 cm³/mol. The standard InChI is InChI=1S/C33H32F4N6O2S/c1-5-6-23-8-7-20(2)17-28(23)43-21(3)18-46-32(43)40-31(44)39-22(4)29(34)24-9-11-25(12-10-24)30-38-19-42(41-30)26-13-15-27(16-14-26)45-33(35,36)37/h7-19,22,29H,5-6H2,1-4H3,(H,39,44). The van der Waals surface area contributed by atoms with Crippen LogP contribution in [0.25, 0.3) is 22.8 Å². The normalized spacial score (nSPS) is 13.4. The highest BCUT2D eigenvalue weighted by molar-refractivity contribution is 7.07. The van der Waals surface area contributed by atoms with Gasteiger partial charge in [0.1, 0.15) is 18.2 Å². The van der Waals surface area contributed by atoms with Gasteiger partial charge in [-0.1, -0.05) is 49.7 Å². The fourth-order valence-electron chi connectivity index (χ4n) is 4.94. The summed E-state index contributed by atoms with van der Waals surface area (Å²) in [5.41, 5.74) is 5.62. The van der Waals surface area contributed by atoms with Gasteiger partial charge in [-0.05, 0) is 74.2 Å². The molecule has 0 aliphatic rings. The van der Waals surface area contributed by atoms with E-state index < -0.39 is 24.6 Å². The third-order valence-corrected chi connectivity index (χ3v) is 8.12. The lowest BCUT2D eigenvalue weighted by molar-refractivity contribution is -0.274. The monoisotopic (exact) mass is 652 g/mol. The third kappa shape index (κ3) is 7.71. The zero-order chi connectivity index (χ0) is 33.0. The molecule has 0 spiro atoms. The number of nitrogens with zero attached hydrogens (tertiary/aromatic N) is 5. The molecular weight excluding hydrogens is 620 g/mol. The average Bonchev–Trinajstić information content (AvgIpc) is 3.64. The number of carbonyl (C=O) groups is 1. The number of carbonyl (C=O) groups excluding carboxylic acids is 1. The van der Waals surface area contributed by atoms with Crippen molar-refractivity contribution in [2.45, 2.75) is 59.1 Å². The molecule has 2 atom stereocenters. The van der Waals surface area contributed by atoms with E-state index in [1.165, 1.54) is 46.6 Å². The molecule has 13 heteroatoms. The topological polar surface area (TPSA) is 86.3 Å². The molecular formula is C33H32F4N6O2S. The smallest absolute Gasteiger partial charge is 0.406 e. The van der Waals surface area contributed by atoms with E-state index in [4.69, 9.17) is 0 Å². The number of benzene rings is 3. The SMILES string of the molecule is CCCc1ccc(C)cc1-n1c(C)csc1=NC(=O)NC(C)C(F)c1ccc(-c2ncn(-c3ccc(OC(F)(F)F)cc3)n2)cc1. The Balaban J connectivity index is 1.26. The highest BCUT2D eigenvalue weighted by Crippen LogP contribution is 2.26. The summed E-state index contributed by atoms with van der Waals surface area (Å²) in [7, 11) is 0. The molecule has 5 rings (SSSR count). The van der Waals surface area contributed by atoms with Gasteiger partial charge in [-0.25, -0.2) is 18.9 Å². The molecule has 5 aromatic rings. The minimum absolute atomic E-state index is 0.341. The summed E-state index contributed by atoms with van der Waals surface area (Å²) >= 11 is 1.35. The minimum Gasteiger partial charge on any atom is -0.406 e. The van der Waals surface area contributed by atoms with Crippen LogP contribution in [0.2, 0.25) is 0 Å². The molecule has 1 N–H and O–H groups in total. The number of halogens is 4. The fraction of sp³-hybridized carbons (Fsp3) is 0.273. The summed E-state index contributed by atoms with van der Waals surface area (Å²) in [6.07, 6.45) is -3.01. The number of thiazole rings is 1. The lowest BCUT2D eigenvalue weighted by Crippen LogP contribution is -2.35. The van der Waals surface area contributed by atoms with Crippen molar-refractivity contribution < 1.29 is 27.1 Å². The first-order chi connectivity index (χ1) is 21.9. The number of rotatable bonds is 9. The van der Waals surface area contributed by atoms with Crippen LogP contribution in [0, 0.1) is 13.8 Å². The van der Waals surface area contributed by atoms with E-state index in [-0.39, 0.29) is 5.75 Å². The van der Waals surface area contributed by atoms with Crippen LogP contribution in [0.3, 0.4) is 0 Å². The van der Waals surface area contributed by atoms with Crippen LogP contribution < -0.4 is 14.9 Å². The van der Waals surface area contributed by atoms with Gasteiger partial charge in [0.15, 0.2) is 10.6 Å². The van der Waals surface area contributed by atoms with Crippen LogP contribution in [-0.4, -0.2) is 37.8 Å². The quantitative estimate of drug-likeness (QED) is 0.164. The Morgan fingerprint density at radius 2 is 1.78 bits per heavy atom. The van der Waals surface area contributed by atoms with Gasteiger partial charge in [0.05, 0.1) is 17.4 Å². The average molecular weight is 653 g/mol. The van der Waals surface area contributed by atoms with Gasteiger partial charge in [-0.3, -0.25) is 4.57 Å². The molecule has 0 radical (unpaired) electrons. The number of urea groups is 1. The van der Waals surface area contributed by atoms with Gasteiger partial charge >= 0.3 is 12.4 Å².